The number of carbonyl (C=O) groups is 1. The minimum Gasteiger partial charge on any atom is -0.480 e. The number of carbonyl (C=O) groups excluding carboxylic acids is 1. The fourth-order valence-corrected chi connectivity index (χ4v) is 1.61. The van der Waals surface area contributed by atoms with E-state index < -0.39 is 5.97 Å². The summed E-state index contributed by atoms with van der Waals surface area (Å²) in [6, 6.07) is 0. The normalized spacial score (nSPS) is 10.5. The lowest BCUT2D eigenvalue weighted by atomic mass is 10.3. The highest BCUT2D eigenvalue weighted by molar-refractivity contribution is 5.90. The molecule has 0 fully saturated rings. The van der Waals surface area contributed by atoms with Crippen LogP contribution in [0.2, 0.25) is 0 Å². The number of esters is 1. The first kappa shape index (κ1) is 11.4. The number of methoxy groups -OCH3 is 1. The predicted octanol–water partition coefficient (Wildman–Crippen LogP) is 1.22. The largest absolute Gasteiger partial charge is 0.480 e. The molecule has 0 aromatic carbocycles. The van der Waals surface area contributed by atoms with Crippen LogP contribution in [0, 0.1) is 6.92 Å². The van der Waals surface area contributed by atoms with Gasteiger partial charge in [-0.05, 0) is 13.8 Å². The van der Waals surface area contributed by atoms with Gasteiger partial charge in [-0.1, -0.05) is 0 Å². The van der Waals surface area contributed by atoms with E-state index in [4.69, 9.17) is 9.47 Å². The Labute approximate surface area is 98.2 Å². The summed E-state index contributed by atoms with van der Waals surface area (Å²) in [5, 5.41) is 0. The van der Waals surface area contributed by atoms with Crippen molar-refractivity contribution in [3.63, 3.8) is 0 Å². The number of rotatable bonds is 3. The third kappa shape index (κ3) is 1.93. The van der Waals surface area contributed by atoms with Crippen LogP contribution < -0.4 is 4.74 Å². The molecule has 0 aliphatic rings. The van der Waals surface area contributed by atoms with Gasteiger partial charge in [-0.15, -0.1) is 0 Å². The van der Waals surface area contributed by atoms with Gasteiger partial charge in [-0.25, -0.2) is 14.8 Å². The lowest BCUT2D eigenvalue weighted by Crippen LogP contribution is -2.09. The van der Waals surface area contributed by atoms with Crippen molar-refractivity contribution in [2.24, 2.45) is 0 Å². The topological polar surface area (TPSA) is 65.7 Å². The summed E-state index contributed by atoms with van der Waals surface area (Å²) in [6.07, 6.45) is 3.16. The Balaban J connectivity index is 2.60. The van der Waals surface area contributed by atoms with E-state index in [9.17, 15) is 4.79 Å². The van der Waals surface area contributed by atoms with Gasteiger partial charge in [0.2, 0.25) is 5.88 Å². The van der Waals surface area contributed by atoms with Gasteiger partial charge < -0.3 is 9.47 Å². The number of hydrogen-bond donors (Lipinski definition) is 0. The summed E-state index contributed by atoms with van der Waals surface area (Å²) < 4.78 is 11.6. The smallest absolute Gasteiger partial charge is 0.357 e. The van der Waals surface area contributed by atoms with Crippen LogP contribution in [0.4, 0.5) is 0 Å². The summed E-state index contributed by atoms with van der Waals surface area (Å²) >= 11 is 0. The second kappa shape index (κ2) is 4.40. The number of nitrogens with zero attached hydrogens (tertiary/aromatic N) is 3. The standard InChI is InChI=1S/C11H13N3O3/c1-4-17-11(15)10-7(2)13-8-5-12-9(16-3)6-14(8)10/h5-6H,4H2,1-3H3. The fraction of sp³-hybridized carbons (Fsp3) is 0.364. The van der Waals surface area contributed by atoms with E-state index in [1.807, 2.05) is 0 Å². The lowest BCUT2D eigenvalue weighted by Gasteiger charge is -2.03. The number of ether oxygens (including phenoxy) is 2. The Morgan fingerprint density at radius 3 is 2.94 bits per heavy atom. The van der Waals surface area contributed by atoms with Crippen LogP contribution in [0.5, 0.6) is 5.88 Å². The molecule has 17 heavy (non-hydrogen) atoms. The van der Waals surface area contributed by atoms with Crippen LogP contribution in [-0.2, 0) is 4.74 Å². The summed E-state index contributed by atoms with van der Waals surface area (Å²) in [6.45, 7) is 3.85. The van der Waals surface area contributed by atoms with E-state index in [2.05, 4.69) is 9.97 Å². The first-order valence-electron chi connectivity index (χ1n) is 5.23. The molecule has 0 N–H and O–H groups in total. The Hall–Kier alpha value is -2.11. The van der Waals surface area contributed by atoms with Gasteiger partial charge in [0.25, 0.3) is 0 Å². The predicted molar refractivity (Wildman–Crippen MR) is 60.2 cm³/mol. The van der Waals surface area contributed by atoms with Crippen molar-refractivity contribution in [2.45, 2.75) is 13.8 Å². The van der Waals surface area contributed by atoms with Gasteiger partial charge >= 0.3 is 5.97 Å². The molecule has 2 aromatic heterocycles. The number of aromatic nitrogens is 3. The molecule has 0 spiro atoms. The molecule has 0 saturated heterocycles. The van der Waals surface area contributed by atoms with E-state index in [0.29, 0.717) is 29.5 Å². The molecule has 0 saturated carbocycles. The Morgan fingerprint density at radius 2 is 2.29 bits per heavy atom. The van der Waals surface area contributed by atoms with Crippen molar-refractivity contribution >= 4 is 11.6 Å². The maximum atomic E-state index is 11.8. The van der Waals surface area contributed by atoms with Gasteiger partial charge in [0.15, 0.2) is 11.3 Å². The summed E-state index contributed by atoms with van der Waals surface area (Å²) in [5.41, 5.74) is 1.60. The van der Waals surface area contributed by atoms with Gasteiger partial charge in [0, 0.05) is 0 Å². The van der Waals surface area contributed by atoms with Crippen molar-refractivity contribution in [1.82, 2.24) is 14.4 Å². The van der Waals surface area contributed by atoms with Gasteiger partial charge in [-0.2, -0.15) is 0 Å². The van der Waals surface area contributed by atoms with E-state index in [1.54, 1.807) is 30.6 Å². The maximum Gasteiger partial charge on any atom is 0.357 e. The molecule has 0 aliphatic heterocycles. The molecule has 90 valence electrons. The molecule has 6 nitrogen and oxygen atoms in total. The second-order valence-corrected chi connectivity index (χ2v) is 3.42. The number of aryl methyl sites for hydroxylation is 1. The molecule has 2 aromatic rings. The molecule has 0 atom stereocenters. The number of fused-ring (bicyclic) bond motifs is 1. The quantitative estimate of drug-likeness (QED) is 0.748. The molecule has 0 amide bonds. The summed E-state index contributed by atoms with van der Waals surface area (Å²) in [4.78, 5) is 20.1. The van der Waals surface area contributed by atoms with Crippen LogP contribution in [0.1, 0.15) is 23.1 Å². The number of imidazole rings is 1. The van der Waals surface area contributed by atoms with Crippen LogP contribution >= 0.6 is 0 Å². The molecular formula is C11H13N3O3. The summed E-state index contributed by atoms with van der Waals surface area (Å²) in [5.74, 6) is 0.0196. The molecular weight excluding hydrogens is 222 g/mol. The first-order chi connectivity index (χ1) is 8.17. The third-order valence-electron chi connectivity index (χ3n) is 2.34. The molecule has 0 unspecified atom stereocenters. The van der Waals surface area contributed by atoms with Crippen LogP contribution in [-0.4, -0.2) is 34.1 Å². The van der Waals surface area contributed by atoms with Gasteiger partial charge in [0.05, 0.1) is 31.8 Å². The minimum atomic E-state index is -0.397. The van der Waals surface area contributed by atoms with Crippen molar-refractivity contribution in [3.8, 4) is 5.88 Å². The highest BCUT2D eigenvalue weighted by Gasteiger charge is 2.18. The SMILES string of the molecule is CCOC(=O)c1c(C)nc2cnc(OC)cn12. The van der Waals surface area contributed by atoms with Crippen LogP contribution in [0.25, 0.3) is 5.65 Å². The van der Waals surface area contributed by atoms with Crippen molar-refractivity contribution < 1.29 is 14.3 Å². The van der Waals surface area contributed by atoms with E-state index in [0.717, 1.165) is 0 Å². The molecule has 2 rings (SSSR count). The van der Waals surface area contributed by atoms with Crippen LogP contribution in [0.3, 0.4) is 0 Å². The average Bonchev–Trinajstić information content (AvgIpc) is 2.64. The Bertz CT molecular complexity index is 562. The molecule has 0 aliphatic carbocycles. The zero-order valence-electron chi connectivity index (χ0n) is 9.93. The van der Waals surface area contributed by atoms with Gasteiger partial charge in [-0.3, -0.25) is 4.40 Å². The fourth-order valence-electron chi connectivity index (χ4n) is 1.61. The molecule has 0 bridgehead atoms. The zero-order chi connectivity index (χ0) is 12.4. The Kier molecular flexibility index (Phi) is 2.95. The summed E-state index contributed by atoms with van der Waals surface area (Å²) in [7, 11) is 1.52. The van der Waals surface area contributed by atoms with E-state index >= 15 is 0 Å². The average molecular weight is 235 g/mol. The van der Waals surface area contributed by atoms with Gasteiger partial charge in [0.1, 0.15) is 0 Å². The second-order valence-electron chi connectivity index (χ2n) is 3.42. The van der Waals surface area contributed by atoms with Crippen LogP contribution in [0.15, 0.2) is 12.4 Å². The highest BCUT2D eigenvalue weighted by atomic mass is 16.5. The number of hydrogen-bond acceptors (Lipinski definition) is 5. The monoisotopic (exact) mass is 235 g/mol. The van der Waals surface area contributed by atoms with Crippen molar-refractivity contribution in [3.05, 3.63) is 23.8 Å². The van der Waals surface area contributed by atoms with Crippen molar-refractivity contribution in [1.29, 1.82) is 0 Å². The highest BCUT2D eigenvalue weighted by Crippen LogP contribution is 2.15. The lowest BCUT2D eigenvalue weighted by molar-refractivity contribution is 0.0517. The minimum absolute atomic E-state index is 0.327. The maximum absolute atomic E-state index is 11.8. The molecule has 2 heterocycles. The zero-order valence-corrected chi connectivity index (χ0v) is 9.93. The first-order valence-corrected chi connectivity index (χ1v) is 5.23. The molecule has 6 heteroatoms. The Morgan fingerprint density at radius 1 is 1.53 bits per heavy atom. The van der Waals surface area contributed by atoms with E-state index in [-0.39, 0.29) is 0 Å². The van der Waals surface area contributed by atoms with Crippen molar-refractivity contribution in [2.75, 3.05) is 13.7 Å². The third-order valence-corrected chi connectivity index (χ3v) is 2.34. The molecule has 0 radical (unpaired) electrons. The van der Waals surface area contributed by atoms with E-state index in [1.165, 1.54) is 7.11 Å².